The molecule has 2 heterocycles. The maximum atomic E-state index is 12.9. The summed E-state index contributed by atoms with van der Waals surface area (Å²) in [6, 6.07) is 23.5. The molecule has 0 aliphatic heterocycles. The van der Waals surface area contributed by atoms with E-state index in [1.165, 1.54) is 4.90 Å². The van der Waals surface area contributed by atoms with Crippen LogP contribution in [0.15, 0.2) is 72.8 Å². The molecule has 1 N–H and O–H groups in total. The predicted molar refractivity (Wildman–Crippen MR) is 140 cm³/mol. The van der Waals surface area contributed by atoms with Crippen LogP contribution in [0.2, 0.25) is 0 Å². The molecule has 36 heavy (non-hydrogen) atoms. The third-order valence-electron chi connectivity index (χ3n) is 5.46. The van der Waals surface area contributed by atoms with E-state index in [1.54, 1.807) is 17.6 Å². The molecule has 2 aromatic heterocycles. The van der Waals surface area contributed by atoms with Gasteiger partial charge in [0.05, 0.1) is 11.4 Å². The first-order valence-corrected chi connectivity index (χ1v) is 12.0. The van der Waals surface area contributed by atoms with E-state index in [-0.39, 0.29) is 17.7 Å². The van der Waals surface area contributed by atoms with Gasteiger partial charge in [0.15, 0.2) is 11.3 Å². The Kier molecular flexibility index (Phi) is 7.33. The zero-order chi connectivity index (χ0) is 25.7. The van der Waals surface area contributed by atoms with Gasteiger partial charge in [-0.1, -0.05) is 60.7 Å². The topological polar surface area (TPSA) is 88.8 Å². The monoisotopic (exact) mass is 485 g/mol. The Labute approximate surface area is 210 Å². The number of hydrogen-bond donors (Lipinski definition) is 1. The number of nitrogens with one attached hydrogen (secondary N) is 1. The zero-order valence-corrected chi connectivity index (χ0v) is 21.1. The van der Waals surface area contributed by atoms with Crippen LogP contribution in [-0.2, 0) is 4.74 Å². The molecule has 186 valence electrons. The third kappa shape index (κ3) is 6.07. The molecule has 0 aliphatic carbocycles. The van der Waals surface area contributed by atoms with Gasteiger partial charge < -0.3 is 15.0 Å². The highest BCUT2D eigenvalue weighted by Crippen LogP contribution is 2.26. The lowest BCUT2D eigenvalue weighted by atomic mass is 10.1. The molecule has 4 aromatic rings. The maximum absolute atomic E-state index is 12.9. The molecule has 0 bridgehead atoms. The Morgan fingerprint density at radius 1 is 0.972 bits per heavy atom. The molecule has 0 aliphatic rings. The van der Waals surface area contributed by atoms with Crippen molar-refractivity contribution in [2.45, 2.75) is 32.8 Å². The molecular formula is C28H31N5O3. The number of carbonyl (C=O) groups is 2. The van der Waals surface area contributed by atoms with Crippen LogP contribution in [0.25, 0.3) is 28.2 Å². The lowest BCUT2D eigenvalue weighted by molar-refractivity contribution is 0.0297. The van der Waals surface area contributed by atoms with Crippen molar-refractivity contribution in [3.05, 3.63) is 78.5 Å². The molecule has 0 fully saturated rings. The molecule has 2 amide bonds. The van der Waals surface area contributed by atoms with Gasteiger partial charge in [-0.25, -0.2) is 14.3 Å². The fourth-order valence-corrected chi connectivity index (χ4v) is 3.70. The van der Waals surface area contributed by atoms with E-state index in [2.05, 4.69) is 10.4 Å². The van der Waals surface area contributed by atoms with Gasteiger partial charge in [0.2, 0.25) is 0 Å². The van der Waals surface area contributed by atoms with Gasteiger partial charge in [-0.2, -0.15) is 5.10 Å². The minimum Gasteiger partial charge on any atom is -0.444 e. The molecule has 0 saturated heterocycles. The van der Waals surface area contributed by atoms with Gasteiger partial charge in [0, 0.05) is 37.3 Å². The smallest absolute Gasteiger partial charge is 0.410 e. The first-order valence-electron chi connectivity index (χ1n) is 12.0. The van der Waals surface area contributed by atoms with Crippen molar-refractivity contribution in [3.63, 3.8) is 0 Å². The van der Waals surface area contributed by atoms with Crippen LogP contribution >= 0.6 is 0 Å². The van der Waals surface area contributed by atoms with Gasteiger partial charge in [-0.15, -0.1) is 0 Å². The van der Waals surface area contributed by atoms with E-state index >= 15 is 0 Å². The minimum absolute atomic E-state index is 0.283. The fourth-order valence-electron chi connectivity index (χ4n) is 3.70. The van der Waals surface area contributed by atoms with E-state index in [9.17, 15) is 9.59 Å². The number of nitrogens with zero attached hydrogens (tertiary/aromatic N) is 4. The number of amides is 2. The molecular weight excluding hydrogens is 454 g/mol. The number of ether oxygens (including phenoxy) is 1. The molecule has 0 radical (unpaired) electrons. The van der Waals surface area contributed by atoms with E-state index in [1.807, 2.05) is 87.5 Å². The van der Waals surface area contributed by atoms with Gasteiger partial charge in [0.25, 0.3) is 5.91 Å². The summed E-state index contributed by atoms with van der Waals surface area (Å²) in [6.07, 6.45) is 0.198. The summed E-state index contributed by atoms with van der Waals surface area (Å²) in [5.41, 5.74) is 3.93. The standard InChI is InChI=1S/C28H31N5O3/c1-28(2,3)36-27(35)32(4)17-11-16-29-26(34)23-19-25-30-22(20-12-7-5-8-13-20)18-24(33(25)31-23)21-14-9-6-10-15-21/h5-10,12-15,18-19H,11,16-17H2,1-4H3,(H,29,34). The highest BCUT2D eigenvalue weighted by atomic mass is 16.6. The second kappa shape index (κ2) is 10.6. The first kappa shape index (κ1) is 24.9. The number of hydrogen-bond acceptors (Lipinski definition) is 5. The Bertz CT molecular complexity index is 1340. The lowest BCUT2D eigenvalue weighted by Gasteiger charge is -2.24. The van der Waals surface area contributed by atoms with Gasteiger partial charge in [-0.3, -0.25) is 4.79 Å². The molecule has 0 spiro atoms. The normalized spacial score (nSPS) is 11.3. The second-order valence-electron chi connectivity index (χ2n) is 9.57. The van der Waals surface area contributed by atoms with Crippen LogP contribution in [0.1, 0.15) is 37.7 Å². The largest absolute Gasteiger partial charge is 0.444 e. The minimum atomic E-state index is -0.546. The van der Waals surface area contributed by atoms with Crippen molar-refractivity contribution in [1.82, 2.24) is 24.8 Å². The van der Waals surface area contributed by atoms with E-state index < -0.39 is 5.60 Å². The number of carbonyl (C=O) groups excluding carboxylic acids is 2. The summed E-state index contributed by atoms with van der Waals surface area (Å²) >= 11 is 0. The zero-order valence-electron chi connectivity index (χ0n) is 21.1. The summed E-state index contributed by atoms with van der Waals surface area (Å²) in [5, 5.41) is 7.45. The SMILES string of the molecule is CN(CCCNC(=O)c1cc2nc(-c3ccccc3)cc(-c3ccccc3)n2n1)C(=O)OC(C)(C)C. The number of fused-ring (bicyclic) bond motifs is 1. The first-order chi connectivity index (χ1) is 17.2. The molecule has 8 heteroatoms. The van der Waals surface area contributed by atoms with Crippen molar-refractivity contribution < 1.29 is 14.3 Å². The molecule has 0 atom stereocenters. The molecule has 2 aromatic carbocycles. The average molecular weight is 486 g/mol. The van der Waals surface area contributed by atoms with Crippen molar-refractivity contribution >= 4 is 17.6 Å². The highest BCUT2D eigenvalue weighted by Gasteiger charge is 2.20. The molecule has 0 saturated carbocycles. The van der Waals surface area contributed by atoms with Crippen LogP contribution < -0.4 is 5.32 Å². The molecule has 0 unspecified atom stereocenters. The van der Waals surface area contributed by atoms with Crippen LogP contribution in [0, 0.1) is 0 Å². The summed E-state index contributed by atoms with van der Waals surface area (Å²) in [4.78, 5) is 31.2. The predicted octanol–water partition coefficient (Wildman–Crippen LogP) is 5.05. The average Bonchev–Trinajstić information content (AvgIpc) is 3.30. The van der Waals surface area contributed by atoms with Gasteiger partial charge >= 0.3 is 6.09 Å². The second-order valence-corrected chi connectivity index (χ2v) is 9.57. The van der Waals surface area contributed by atoms with Crippen LogP contribution in [0.5, 0.6) is 0 Å². The van der Waals surface area contributed by atoms with Gasteiger partial charge in [0.1, 0.15) is 5.60 Å². The summed E-state index contributed by atoms with van der Waals surface area (Å²) in [7, 11) is 1.68. The van der Waals surface area contributed by atoms with E-state index in [0.717, 1.165) is 22.5 Å². The van der Waals surface area contributed by atoms with E-state index in [4.69, 9.17) is 9.72 Å². The third-order valence-corrected chi connectivity index (χ3v) is 5.46. The molecule has 8 nitrogen and oxygen atoms in total. The summed E-state index contributed by atoms with van der Waals surface area (Å²) in [5.74, 6) is -0.291. The Hall–Kier alpha value is -4.20. The Morgan fingerprint density at radius 3 is 2.25 bits per heavy atom. The van der Waals surface area contributed by atoms with E-state index in [0.29, 0.717) is 25.2 Å². The fraction of sp³-hybridized carbons (Fsp3) is 0.286. The Balaban J connectivity index is 1.50. The van der Waals surface area contributed by atoms with Crippen molar-refractivity contribution in [2.75, 3.05) is 20.1 Å². The highest BCUT2D eigenvalue weighted by molar-refractivity contribution is 5.93. The number of rotatable bonds is 7. The molecule has 4 rings (SSSR count). The quantitative estimate of drug-likeness (QED) is 0.370. The van der Waals surface area contributed by atoms with Crippen LogP contribution in [0.3, 0.4) is 0 Å². The van der Waals surface area contributed by atoms with Crippen molar-refractivity contribution in [2.24, 2.45) is 0 Å². The maximum Gasteiger partial charge on any atom is 0.410 e. The van der Waals surface area contributed by atoms with Crippen molar-refractivity contribution in [1.29, 1.82) is 0 Å². The van der Waals surface area contributed by atoms with Crippen LogP contribution in [-0.4, -0.2) is 57.2 Å². The summed E-state index contributed by atoms with van der Waals surface area (Å²) < 4.78 is 7.05. The van der Waals surface area contributed by atoms with Crippen LogP contribution in [0.4, 0.5) is 4.79 Å². The summed E-state index contributed by atoms with van der Waals surface area (Å²) in [6.45, 7) is 6.34. The number of benzene rings is 2. The van der Waals surface area contributed by atoms with Crippen molar-refractivity contribution in [3.8, 4) is 22.5 Å². The number of aromatic nitrogens is 3. The lowest BCUT2D eigenvalue weighted by Crippen LogP contribution is -2.36. The Morgan fingerprint density at radius 2 is 1.61 bits per heavy atom. The van der Waals surface area contributed by atoms with Gasteiger partial charge in [-0.05, 0) is 33.3 Å².